The quantitative estimate of drug-likeness (QED) is 0.680. The molecule has 10 heteroatoms. The molecule has 1 aliphatic heterocycles. The molecule has 10 nitrogen and oxygen atoms in total. The first kappa shape index (κ1) is 24.4. The van der Waals surface area contributed by atoms with E-state index in [9.17, 15) is 14.7 Å². The van der Waals surface area contributed by atoms with Crippen LogP contribution in [0.4, 0.5) is 4.79 Å². The summed E-state index contributed by atoms with van der Waals surface area (Å²) in [6.45, 7) is 8.06. The van der Waals surface area contributed by atoms with E-state index < -0.39 is 12.1 Å². The number of likely N-dealkylation sites (N-methyl/N-ethyl adjacent to an activating group) is 1. The van der Waals surface area contributed by atoms with Gasteiger partial charge in [0.2, 0.25) is 5.88 Å². The lowest BCUT2D eigenvalue weighted by Crippen LogP contribution is -2.51. The summed E-state index contributed by atoms with van der Waals surface area (Å²) in [6.07, 6.45) is 5.93. The van der Waals surface area contributed by atoms with Crippen LogP contribution in [-0.4, -0.2) is 86.7 Å². The van der Waals surface area contributed by atoms with Gasteiger partial charge in [-0.15, -0.1) is 0 Å². The number of amides is 3. The number of carbonyl (C=O) groups is 2. The number of aliphatic hydroxyl groups excluding tert-OH is 1. The van der Waals surface area contributed by atoms with Crippen molar-refractivity contribution in [3.05, 3.63) is 36.5 Å². The van der Waals surface area contributed by atoms with Gasteiger partial charge in [-0.1, -0.05) is 6.92 Å². The number of aliphatic hydroxyl groups is 1. The minimum absolute atomic E-state index is 0.0110. The summed E-state index contributed by atoms with van der Waals surface area (Å²) in [7, 11) is 1.71. The van der Waals surface area contributed by atoms with Crippen molar-refractivity contribution in [1.82, 2.24) is 30.1 Å². The molecule has 1 aliphatic rings. The van der Waals surface area contributed by atoms with Gasteiger partial charge in [-0.25, -0.2) is 19.7 Å². The highest BCUT2D eigenvalue weighted by Gasteiger charge is 2.34. The van der Waals surface area contributed by atoms with Gasteiger partial charge in [-0.05, 0) is 26.8 Å². The Hall–Kier alpha value is -3.27. The van der Waals surface area contributed by atoms with Crippen LogP contribution in [0, 0.1) is 5.92 Å². The fourth-order valence-corrected chi connectivity index (χ4v) is 3.64. The molecule has 0 aliphatic carbocycles. The summed E-state index contributed by atoms with van der Waals surface area (Å²) in [5.74, 6) is -0.187. The van der Waals surface area contributed by atoms with Gasteiger partial charge < -0.3 is 25.0 Å². The lowest BCUT2D eigenvalue weighted by Gasteiger charge is -2.37. The molecule has 2 aromatic rings. The van der Waals surface area contributed by atoms with Crippen LogP contribution in [-0.2, 0) is 0 Å². The number of carbonyl (C=O) groups excluding carboxylic acids is 2. The van der Waals surface area contributed by atoms with Gasteiger partial charge in [0.1, 0.15) is 18.0 Å². The Balaban J connectivity index is 1.97. The monoisotopic (exact) mass is 456 g/mol. The molecule has 2 N–H and O–H groups in total. The molecule has 0 aromatic carbocycles. The Morgan fingerprint density at radius 2 is 1.97 bits per heavy atom. The second-order valence-corrected chi connectivity index (χ2v) is 8.81. The number of hydrogen-bond acceptors (Lipinski definition) is 7. The summed E-state index contributed by atoms with van der Waals surface area (Å²) in [4.78, 5) is 41.6. The molecule has 3 rings (SSSR count). The zero-order valence-corrected chi connectivity index (χ0v) is 19.7. The van der Waals surface area contributed by atoms with E-state index >= 15 is 0 Å². The van der Waals surface area contributed by atoms with E-state index in [0.717, 1.165) is 5.56 Å². The number of aromatic nitrogens is 3. The summed E-state index contributed by atoms with van der Waals surface area (Å²) >= 11 is 0. The third-order valence-electron chi connectivity index (χ3n) is 5.63. The van der Waals surface area contributed by atoms with E-state index in [1.165, 1.54) is 6.33 Å². The molecule has 0 saturated carbocycles. The zero-order valence-electron chi connectivity index (χ0n) is 19.7. The van der Waals surface area contributed by atoms with E-state index in [0.29, 0.717) is 24.2 Å². The highest BCUT2D eigenvalue weighted by molar-refractivity contribution is 5.98. The molecule has 3 atom stereocenters. The number of nitrogens with one attached hydrogen (secondary N) is 1. The maximum Gasteiger partial charge on any atom is 0.317 e. The number of pyridine rings is 1. The lowest BCUT2D eigenvalue weighted by molar-refractivity contribution is 0.0352. The summed E-state index contributed by atoms with van der Waals surface area (Å²) < 4.78 is 6.22. The smallest absolute Gasteiger partial charge is 0.317 e. The molecule has 0 fully saturated rings. The Morgan fingerprint density at radius 1 is 1.27 bits per heavy atom. The first-order valence-electron chi connectivity index (χ1n) is 11.1. The molecule has 178 valence electrons. The molecule has 0 unspecified atom stereocenters. The number of ether oxygens (including phenoxy) is 1. The van der Waals surface area contributed by atoms with Gasteiger partial charge in [0.15, 0.2) is 0 Å². The standard InChI is InChI=1S/C23H32N6O4/c1-14(2)27-23(32)28(5)11-20-15(3)10-29(16(4)12-30)22(31)19-6-17(9-26-21(19)33-20)18-7-24-13-25-8-18/h6-9,13-16,20,30H,10-12H2,1-5H3,(H,27,32)/t15-,16+,20+/m0/s1. The number of nitrogens with zero attached hydrogens (tertiary/aromatic N) is 5. The molecule has 33 heavy (non-hydrogen) atoms. The first-order chi connectivity index (χ1) is 15.7. The van der Waals surface area contributed by atoms with E-state index in [2.05, 4.69) is 20.3 Å². The largest absolute Gasteiger partial charge is 0.472 e. The minimum atomic E-state index is -0.411. The minimum Gasteiger partial charge on any atom is -0.472 e. The van der Waals surface area contributed by atoms with Gasteiger partial charge in [0, 0.05) is 55.3 Å². The second kappa shape index (κ2) is 10.6. The van der Waals surface area contributed by atoms with Gasteiger partial charge in [-0.2, -0.15) is 0 Å². The first-order valence-corrected chi connectivity index (χ1v) is 11.1. The second-order valence-electron chi connectivity index (χ2n) is 8.81. The maximum absolute atomic E-state index is 13.5. The molecule has 0 radical (unpaired) electrons. The highest BCUT2D eigenvalue weighted by atomic mass is 16.5. The van der Waals surface area contributed by atoms with E-state index in [1.54, 1.807) is 48.4 Å². The van der Waals surface area contributed by atoms with Gasteiger partial charge in [-0.3, -0.25) is 4.79 Å². The highest BCUT2D eigenvalue weighted by Crippen LogP contribution is 2.30. The van der Waals surface area contributed by atoms with E-state index in [4.69, 9.17) is 4.74 Å². The van der Waals surface area contributed by atoms with Crippen LogP contribution in [0.1, 0.15) is 38.1 Å². The SMILES string of the molecule is CC(C)NC(=O)N(C)C[C@H]1Oc2ncc(-c3cncnc3)cc2C(=O)N([C@H](C)CO)C[C@@H]1C. The van der Waals surface area contributed by atoms with Crippen LogP contribution >= 0.6 is 0 Å². The molecule has 0 saturated heterocycles. The average molecular weight is 457 g/mol. The number of hydrogen-bond donors (Lipinski definition) is 2. The van der Waals surface area contributed by atoms with Crippen molar-refractivity contribution < 1.29 is 19.4 Å². The topological polar surface area (TPSA) is 121 Å². The predicted octanol–water partition coefficient (Wildman–Crippen LogP) is 1.81. The van der Waals surface area contributed by atoms with Crippen LogP contribution in [0.3, 0.4) is 0 Å². The third-order valence-corrected chi connectivity index (χ3v) is 5.63. The number of fused-ring (bicyclic) bond motifs is 1. The lowest BCUT2D eigenvalue weighted by atomic mass is 9.99. The van der Waals surface area contributed by atoms with Crippen molar-refractivity contribution in [1.29, 1.82) is 0 Å². The van der Waals surface area contributed by atoms with Crippen molar-refractivity contribution >= 4 is 11.9 Å². The van der Waals surface area contributed by atoms with Crippen LogP contribution in [0.15, 0.2) is 31.0 Å². The van der Waals surface area contributed by atoms with E-state index in [-0.39, 0.29) is 36.4 Å². The number of rotatable bonds is 6. The van der Waals surface area contributed by atoms with Gasteiger partial charge in [0.25, 0.3) is 5.91 Å². The zero-order chi connectivity index (χ0) is 24.1. The van der Waals surface area contributed by atoms with Crippen molar-refractivity contribution in [2.75, 3.05) is 26.7 Å². The van der Waals surface area contributed by atoms with Gasteiger partial charge in [0.05, 0.1) is 19.2 Å². The molecule has 3 amide bonds. The molecule has 2 aromatic heterocycles. The normalized spacial score (nSPS) is 19.2. The predicted molar refractivity (Wildman–Crippen MR) is 123 cm³/mol. The Bertz CT molecular complexity index is 971. The Labute approximate surface area is 194 Å². The average Bonchev–Trinajstić information content (AvgIpc) is 2.80. The third kappa shape index (κ3) is 5.75. The summed E-state index contributed by atoms with van der Waals surface area (Å²) in [5, 5.41) is 12.7. The van der Waals surface area contributed by atoms with Crippen molar-refractivity contribution in [3.63, 3.8) is 0 Å². The molecule has 0 spiro atoms. The molecular weight excluding hydrogens is 424 g/mol. The van der Waals surface area contributed by atoms with Crippen LogP contribution in [0.2, 0.25) is 0 Å². The molecule has 0 bridgehead atoms. The maximum atomic E-state index is 13.5. The molecule has 3 heterocycles. The Morgan fingerprint density at radius 3 is 2.61 bits per heavy atom. The Kier molecular flexibility index (Phi) is 7.80. The fourth-order valence-electron chi connectivity index (χ4n) is 3.64. The van der Waals surface area contributed by atoms with Crippen LogP contribution < -0.4 is 10.1 Å². The van der Waals surface area contributed by atoms with Crippen molar-refractivity contribution in [2.45, 2.75) is 45.9 Å². The number of urea groups is 1. The van der Waals surface area contributed by atoms with Crippen LogP contribution in [0.25, 0.3) is 11.1 Å². The summed E-state index contributed by atoms with van der Waals surface area (Å²) in [5.41, 5.74) is 1.70. The van der Waals surface area contributed by atoms with Crippen molar-refractivity contribution in [3.8, 4) is 17.0 Å². The van der Waals surface area contributed by atoms with Crippen LogP contribution in [0.5, 0.6) is 5.88 Å². The van der Waals surface area contributed by atoms with E-state index in [1.807, 2.05) is 20.8 Å². The molecular formula is C23H32N6O4. The van der Waals surface area contributed by atoms with Crippen molar-refractivity contribution in [2.24, 2.45) is 5.92 Å². The fraction of sp³-hybridized carbons (Fsp3) is 0.522. The summed E-state index contributed by atoms with van der Waals surface area (Å²) in [6, 6.07) is 1.13. The van der Waals surface area contributed by atoms with Gasteiger partial charge >= 0.3 is 6.03 Å².